The van der Waals surface area contributed by atoms with Crippen LogP contribution in [-0.4, -0.2) is 39.6 Å². The largest absolute Gasteiger partial charge is 0.481 e. The van der Waals surface area contributed by atoms with Gasteiger partial charge in [-0.2, -0.15) is 13.2 Å². The van der Waals surface area contributed by atoms with E-state index in [1.165, 1.54) is 24.5 Å². The summed E-state index contributed by atoms with van der Waals surface area (Å²) in [6.45, 7) is -0.815. The maximum absolute atomic E-state index is 12.4. The Labute approximate surface area is 106 Å². The molecule has 0 aliphatic carbocycles. The molecule has 5 nitrogen and oxygen atoms in total. The molecule has 1 N–H and O–H groups in total. The van der Waals surface area contributed by atoms with E-state index < -0.39 is 31.0 Å². The van der Waals surface area contributed by atoms with Crippen LogP contribution < -0.4 is 0 Å². The van der Waals surface area contributed by atoms with Gasteiger partial charge in [0, 0.05) is 25.5 Å². The number of rotatable bonds is 5. The smallest absolute Gasteiger partial charge is 0.471 e. The number of hydrogen-bond donors (Lipinski definition) is 1. The summed E-state index contributed by atoms with van der Waals surface area (Å²) >= 11 is 0. The fraction of sp³-hybridized carbons (Fsp3) is 0.364. The molecule has 0 aliphatic rings. The molecule has 0 radical (unpaired) electrons. The zero-order chi connectivity index (χ0) is 14.5. The number of halogens is 3. The fourth-order valence-corrected chi connectivity index (χ4v) is 1.37. The Bertz CT molecular complexity index is 448. The monoisotopic (exact) mass is 276 g/mol. The first-order chi connectivity index (χ1) is 8.80. The second-order valence-corrected chi connectivity index (χ2v) is 3.72. The Morgan fingerprint density at radius 2 is 1.84 bits per heavy atom. The van der Waals surface area contributed by atoms with Gasteiger partial charge in [-0.25, -0.2) is 0 Å². The quantitative estimate of drug-likeness (QED) is 0.883. The molecule has 1 amide bonds. The van der Waals surface area contributed by atoms with Crippen LogP contribution in [0.3, 0.4) is 0 Å². The van der Waals surface area contributed by atoms with Gasteiger partial charge in [-0.3, -0.25) is 14.6 Å². The third-order valence-electron chi connectivity index (χ3n) is 2.25. The van der Waals surface area contributed by atoms with Gasteiger partial charge in [-0.15, -0.1) is 0 Å². The summed E-state index contributed by atoms with van der Waals surface area (Å²) in [6.07, 6.45) is -2.82. The number of carbonyl (C=O) groups excluding carboxylic acids is 1. The molecule has 0 fully saturated rings. The van der Waals surface area contributed by atoms with Crippen LogP contribution in [-0.2, 0) is 16.1 Å². The Hall–Kier alpha value is -2.12. The van der Waals surface area contributed by atoms with Gasteiger partial charge in [-0.1, -0.05) is 0 Å². The summed E-state index contributed by atoms with van der Waals surface area (Å²) in [5.41, 5.74) is 0.443. The van der Waals surface area contributed by atoms with Crippen LogP contribution in [0, 0.1) is 0 Å². The maximum Gasteiger partial charge on any atom is 0.471 e. The molecule has 1 heterocycles. The second kappa shape index (κ2) is 6.17. The lowest BCUT2D eigenvalue weighted by atomic mass is 10.2. The van der Waals surface area contributed by atoms with Crippen molar-refractivity contribution in [3.8, 4) is 0 Å². The number of nitrogens with zero attached hydrogens (tertiary/aromatic N) is 2. The van der Waals surface area contributed by atoms with E-state index in [-0.39, 0.29) is 6.54 Å². The van der Waals surface area contributed by atoms with Crippen LogP contribution >= 0.6 is 0 Å². The third kappa shape index (κ3) is 4.94. The predicted molar refractivity (Wildman–Crippen MR) is 58.0 cm³/mol. The highest BCUT2D eigenvalue weighted by atomic mass is 19.4. The zero-order valence-corrected chi connectivity index (χ0v) is 9.72. The van der Waals surface area contributed by atoms with Crippen molar-refractivity contribution in [2.24, 2.45) is 0 Å². The molecule has 104 valence electrons. The Balaban J connectivity index is 2.80. The predicted octanol–water partition coefficient (Wildman–Crippen LogP) is 1.45. The Morgan fingerprint density at radius 3 is 2.32 bits per heavy atom. The number of carboxylic acid groups (broad SMARTS) is 1. The lowest BCUT2D eigenvalue weighted by molar-refractivity contribution is -0.186. The number of hydrogen-bond acceptors (Lipinski definition) is 3. The highest BCUT2D eigenvalue weighted by molar-refractivity contribution is 5.82. The van der Waals surface area contributed by atoms with Crippen molar-refractivity contribution >= 4 is 11.9 Å². The summed E-state index contributed by atoms with van der Waals surface area (Å²) < 4.78 is 37.1. The van der Waals surface area contributed by atoms with Crippen molar-refractivity contribution in [1.29, 1.82) is 0 Å². The molecule has 0 aliphatic heterocycles. The SMILES string of the molecule is O=C(O)CCN(Cc1ccncc1)C(=O)C(F)(F)F. The zero-order valence-electron chi connectivity index (χ0n) is 9.72. The normalized spacial score (nSPS) is 11.1. The van der Waals surface area contributed by atoms with Crippen LogP contribution in [0.25, 0.3) is 0 Å². The van der Waals surface area contributed by atoms with Crippen molar-refractivity contribution in [2.45, 2.75) is 19.1 Å². The minimum absolute atomic E-state index is 0.311. The minimum Gasteiger partial charge on any atom is -0.481 e. The Morgan fingerprint density at radius 1 is 1.26 bits per heavy atom. The van der Waals surface area contributed by atoms with Crippen molar-refractivity contribution in [1.82, 2.24) is 9.88 Å². The van der Waals surface area contributed by atoms with Gasteiger partial charge in [0.1, 0.15) is 0 Å². The van der Waals surface area contributed by atoms with Crippen molar-refractivity contribution < 1.29 is 27.9 Å². The van der Waals surface area contributed by atoms with Gasteiger partial charge in [0.25, 0.3) is 0 Å². The number of aliphatic carboxylic acids is 1. The van der Waals surface area contributed by atoms with Gasteiger partial charge < -0.3 is 10.0 Å². The van der Waals surface area contributed by atoms with Crippen molar-refractivity contribution in [2.75, 3.05) is 6.54 Å². The molecule has 0 spiro atoms. The standard InChI is InChI=1S/C11H11F3N2O3/c12-11(13,14)10(19)16(6-3-9(17)18)7-8-1-4-15-5-2-8/h1-2,4-5H,3,6-7H2,(H,17,18). The van der Waals surface area contributed by atoms with Gasteiger partial charge in [0.05, 0.1) is 6.42 Å². The van der Waals surface area contributed by atoms with Crippen molar-refractivity contribution in [3.05, 3.63) is 30.1 Å². The molecular weight excluding hydrogens is 265 g/mol. The number of pyridine rings is 1. The van der Waals surface area contributed by atoms with E-state index in [4.69, 9.17) is 5.11 Å². The summed E-state index contributed by atoms with van der Waals surface area (Å²) in [6, 6.07) is 2.91. The third-order valence-corrected chi connectivity index (χ3v) is 2.25. The van der Waals surface area contributed by atoms with Gasteiger partial charge in [0.2, 0.25) is 0 Å². The number of alkyl halides is 3. The van der Waals surface area contributed by atoms with Crippen LogP contribution in [0.5, 0.6) is 0 Å². The molecule has 0 unspecified atom stereocenters. The number of carboxylic acids is 1. The fourth-order valence-electron chi connectivity index (χ4n) is 1.37. The van der Waals surface area contributed by atoms with Crippen LogP contribution in [0.15, 0.2) is 24.5 Å². The minimum atomic E-state index is -5.02. The van der Waals surface area contributed by atoms with Crippen LogP contribution in [0.4, 0.5) is 13.2 Å². The van der Waals surface area contributed by atoms with E-state index in [9.17, 15) is 22.8 Å². The van der Waals surface area contributed by atoms with E-state index in [1.807, 2.05) is 0 Å². The summed E-state index contributed by atoms with van der Waals surface area (Å²) in [5.74, 6) is -3.32. The molecule has 8 heteroatoms. The van der Waals surface area contributed by atoms with E-state index in [0.29, 0.717) is 10.5 Å². The highest BCUT2D eigenvalue weighted by Crippen LogP contribution is 2.20. The summed E-state index contributed by atoms with van der Waals surface area (Å²) in [7, 11) is 0. The van der Waals surface area contributed by atoms with E-state index >= 15 is 0 Å². The number of aromatic nitrogens is 1. The average Bonchev–Trinajstić information content (AvgIpc) is 2.33. The molecule has 0 saturated heterocycles. The molecule has 1 aromatic rings. The summed E-state index contributed by atoms with van der Waals surface area (Å²) in [4.78, 5) is 25.7. The van der Waals surface area contributed by atoms with Gasteiger partial charge in [-0.05, 0) is 17.7 Å². The van der Waals surface area contributed by atoms with Gasteiger partial charge in [0.15, 0.2) is 0 Å². The lowest BCUT2D eigenvalue weighted by Crippen LogP contribution is -2.41. The van der Waals surface area contributed by atoms with Crippen LogP contribution in [0.1, 0.15) is 12.0 Å². The number of carbonyl (C=O) groups is 2. The molecule has 1 aromatic heterocycles. The van der Waals surface area contributed by atoms with E-state index in [0.717, 1.165) is 0 Å². The molecule has 0 bridgehead atoms. The van der Waals surface area contributed by atoms with Gasteiger partial charge >= 0.3 is 18.1 Å². The van der Waals surface area contributed by atoms with Crippen molar-refractivity contribution in [3.63, 3.8) is 0 Å². The summed E-state index contributed by atoms with van der Waals surface area (Å²) in [5, 5.41) is 8.48. The Kier molecular flexibility index (Phi) is 4.85. The molecule has 1 rings (SSSR count). The molecule has 0 aromatic carbocycles. The second-order valence-electron chi connectivity index (χ2n) is 3.72. The molecule has 0 saturated carbocycles. The molecule has 19 heavy (non-hydrogen) atoms. The first-order valence-corrected chi connectivity index (χ1v) is 5.27. The lowest BCUT2D eigenvalue weighted by Gasteiger charge is -2.23. The first-order valence-electron chi connectivity index (χ1n) is 5.27. The number of amides is 1. The maximum atomic E-state index is 12.4. The van der Waals surface area contributed by atoms with Crippen LogP contribution in [0.2, 0.25) is 0 Å². The van der Waals surface area contributed by atoms with E-state index in [1.54, 1.807) is 0 Å². The topological polar surface area (TPSA) is 70.5 Å². The average molecular weight is 276 g/mol. The van der Waals surface area contributed by atoms with E-state index in [2.05, 4.69) is 4.98 Å². The highest BCUT2D eigenvalue weighted by Gasteiger charge is 2.42. The molecular formula is C11H11F3N2O3. The first kappa shape index (κ1) is 14.9. The molecule has 0 atom stereocenters.